The average molecular weight is 476 g/mol. The van der Waals surface area contributed by atoms with Crippen LogP contribution in [0, 0.1) is 0 Å². The second kappa shape index (κ2) is 11.5. The molecular formula is C24H30ClN3O5. The van der Waals surface area contributed by atoms with Gasteiger partial charge in [-0.15, -0.1) is 16.7 Å². The second-order valence-corrected chi connectivity index (χ2v) is 8.63. The van der Waals surface area contributed by atoms with Gasteiger partial charge in [-0.2, -0.15) is 0 Å². The highest BCUT2D eigenvalue weighted by atomic mass is 35.5. The number of ether oxygens (including phenoxy) is 2. The molecule has 0 bridgehead atoms. The van der Waals surface area contributed by atoms with Crippen LogP contribution in [0.2, 0.25) is 0 Å². The van der Waals surface area contributed by atoms with E-state index >= 15 is 0 Å². The maximum absolute atomic E-state index is 10.2. The van der Waals surface area contributed by atoms with Crippen LogP contribution < -0.4 is 9.47 Å². The molecule has 0 saturated carbocycles. The monoisotopic (exact) mass is 475 g/mol. The minimum absolute atomic E-state index is 0.0906. The number of benzene rings is 2. The smallest absolute Gasteiger partial charge is 0.119 e. The van der Waals surface area contributed by atoms with Crippen molar-refractivity contribution in [3.8, 4) is 11.5 Å². The lowest BCUT2D eigenvalue weighted by atomic mass is 9.78. The molecule has 0 aliphatic rings. The Kier molecular flexibility index (Phi) is 8.68. The fourth-order valence-electron chi connectivity index (χ4n) is 3.34. The van der Waals surface area contributed by atoms with Crippen LogP contribution >= 0.6 is 11.6 Å². The number of hydrogen-bond acceptors (Lipinski definition) is 7. The van der Waals surface area contributed by atoms with Crippen LogP contribution in [0.5, 0.6) is 11.5 Å². The van der Waals surface area contributed by atoms with E-state index in [1.807, 2.05) is 48.5 Å². The van der Waals surface area contributed by atoms with E-state index in [0.717, 1.165) is 11.1 Å². The molecule has 0 fully saturated rings. The molecule has 0 saturated heterocycles. The number of hydrogen-bond donors (Lipinski definition) is 3. The molecule has 9 heteroatoms. The first-order chi connectivity index (χ1) is 15.8. The summed E-state index contributed by atoms with van der Waals surface area (Å²) in [5.41, 5.74) is 2.51. The fraction of sp³-hybridized carbons (Fsp3) is 0.417. The highest BCUT2D eigenvalue weighted by Crippen LogP contribution is 2.33. The largest absolute Gasteiger partial charge is 0.491 e. The molecule has 178 valence electrons. The lowest BCUT2D eigenvalue weighted by molar-refractivity contribution is 0.0866. The molecule has 0 aliphatic heterocycles. The minimum Gasteiger partial charge on any atom is -0.491 e. The van der Waals surface area contributed by atoms with E-state index in [4.69, 9.17) is 21.1 Å². The Morgan fingerprint density at radius 3 is 1.91 bits per heavy atom. The summed E-state index contributed by atoms with van der Waals surface area (Å²) in [5.74, 6) is 1.46. The molecule has 0 amide bonds. The normalized spacial score (nSPS) is 13.5. The molecule has 1 aromatic heterocycles. The van der Waals surface area contributed by atoms with Gasteiger partial charge in [0.15, 0.2) is 0 Å². The van der Waals surface area contributed by atoms with Crippen molar-refractivity contribution in [2.75, 3.05) is 19.1 Å². The summed E-state index contributed by atoms with van der Waals surface area (Å²) in [6.07, 6.45) is -0.0229. The van der Waals surface area contributed by atoms with Gasteiger partial charge in [-0.3, -0.25) is 0 Å². The van der Waals surface area contributed by atoms with Crippen LogP contribution in [0.1, 0.15) is 30.7 Å². The van der Waals surface area contributed by atoms with Gasteiger partial charge in [-0.1, -0.05) is 43.3 Å². The predicted octanol–water partition coefficient (Wildman–Crippen LogP) is 2.51. The van der Waals surface area contributed by atoms with Crippen molar-refractivity contribution in [1.82, 2.24) is 15.0 Å². The summed E-state index contributed by atoms with van der Waals surface area (Å²) >= 11 is 5.59. The number of halogens is 1. The van der Waals surface area contributed by atoms with Crippen molar-refractivity contribution in [2.45, 2.75) is 44.6 Å². The molecule has 3 rings (SSSR count). The van der Waals surface area contributed by atoms with Crippen molar-refractivity contribution < 1.29 is 24.8 Å². The molecule has 3 aromatic rings. The van der Waals surface area contributed by atoms with Gasteiger partial charge >= 0.3 is 0 Å². The lowest BCUT2D eigenvalue weighted by Gasteiger charge is -2.26. The molecule has 0 radical (unpaired) electrons. The van der Waals surface area contributed by atoms with Gasteiger partial charge in [-0.25, -0.2) is 4.68 Å². The molecule has 8 nitrogen and oxygen atoms in total. The Labute approximate surface area is 198 Å². The van der Waals surface area contributed by atoms with E-state index in [2.05, 4.69) is 24.2 Å². The van der Waals surface area contributed by atoms with Gasteiger partial charge in [0.2, 0.25) is 0 Å². The molecule has 2 atom stereocenters. The molecule has 1 heterocycles. The van der Waals surface area contributed by atoms with E-state index in [0.29, 0.717) is 17.2 Å². The van der Waals surface area contributed by atoms with Crippen LogP contribution in [0.3, 0.4) is 0 Å². The standard InChI is InChI=1S/C24H30ClN3O5/c1-24(2,17-3-7-22(8-4-17)32-15-20(30)11-25)18-5-9-23(10-6-18)33-16-21(31)13-28-19(14-29)12-26-27-28/h3-10,12,20-21,29-31H,11,13-16H2,1-2H3/t20-,21+/m1/s1. The van der Waals surface area contributed by atoms with Crippen molar-refractivity contribution >= 4 is 11.6 Å². The molecular weight excluding hydrogens is 446 g/mol. The summed E-state index contributed by atoms with van der Waals surface area (Å²) in [4.78, 5) is 0. The van der Waals surface area contributed by atoms with Crippen molar-refractivity contribution in [3.05, 3.63) is 71.5 Å². The number of aliphatic hydroxyl groups excluding tert-OH is 3. The van der Waals surface area contributed by atoms with Crippen molar-refractivity contribution in [1.29, 1.82) is 0 Å². The molecule has 33 heavy (non-hydrogen) atoms. The van der Waals surface area contributed by atoms with Gasteiger partial charge in [0.05, 0.1) is 30.9 Å². The summed E-state index contributed by atoms with van der Waals surface area (Å²) in [6, 6.07) is 15.5. The summed E-state index contributed by atoms with van der Waals surface area (Å²) in [7, 11) is 0. The highest BCUT2D eigenvalue weighted by Gasteiger charge is 2.23. The third kappa shape index (κ3) is 6.68. The Morgan fingerprint density at radius 2 is 1.42 bits per heavy atom. The molecule has 2 aromatic carbocycles. The van der Waals surface area contributed by atoms with Crippen LogP contribution in [-0.4, -0.2) is 61.6 Å². The molecule has 0 spiro atoms. The first-order valence-corrected chi connectivity index (χ1v) is 11.2. The average Bonchev–Trinajstić information content (AvgIpc) is 3.28. The maximum Gasteiger partial charge on any atom is 0.119 e. The van der Waals surface area contributed by atoms with E-state index in [-0.39, 0.29) is 37.7 Å². The first-order valence-electron chi connectivity index (χ1n) is 10.7. The Balaban J connectivity index is 1.56. The minimum atomic E-state index is -0.792. The molecule has 0 aliphatic carbocycles. The van der Waals surface area contributed by atoms with E-state index < -0.39 is 12.2 Å². The molecule has 0 unspecified atom stereocenters. The SMILES string of the molecule is CC(C)(c1ccc(OC[C@H](O)CCl)cc1)c1ccc(OC[C@@H](O)Cn2nncc2CO)cc1. The number of alkyl halides is 1. The third-order valence-electron chi connectivity index (χ3n) is 5.46. The predicted molar refractivity (Wildman–Crippen MR) is 125 cm³/mol. The van der Waals surface area contributed by atoms with Crippen molar-refractivity contribution in [3.63, 3.8) is 0 Å². The van der Waals surface area contributed by atoms with Gasteiger partial charge in [0.1, 0.15) is 36.9 Å². The van der Waals surface area contributed by atoms with Gasteiger partial charge in [0, 0.05) is 5.41 Å². The third-order valence-corrected chi connectivity index (χ3v) is 5.81. The number of nitrogens with zero attached hydrogens (tertiary/aromatic N) is 3. The summed E-state index contributed by atoms with van der Waals surface area (Å²) < 4.78 is 12.7. The zero-order chi connectivity index (χ0) is 23.8. The van der Waals surface area contributed by atoms with Crippen LogP contribution in [0.15, 0.2) is 54.7 Å². The summed E-state index contributed by atoms with van der Waals surface area (Å²) in [5, 5.41) is 36.5. The second-order valence-electron chi connectivity index (χ2n) is 8.32. The Hall–Kier alpha value is -2.65. The lowest BCUT2D eigenvalue weighted by Crippen LogP contribution is -2.25. The Bertz CT molecular complexity index is 992. The molecule has 3 N–H and O–H groups in total. The van der Waals surface area contributed by atoms with E-state index in [1.54, 1.807) is 0 Å². The van der Waals surface area contributed by atoms with Crippen molar-refractivity contribution in [2.24, 2.45) is 0 Å². The van der Waals surface area contributed by atoms with Crippen LogP contribution in [-0.2, 0) is 18.6 Å². The van der Waals surface area contributed by atoms with Crippen LogP contribution in [0.25, 0.3) is 0 Å². The Morgan fingerprint density at radius 1 is 0.909 bits per heavy atom. The fourth-order valence-corrected chi connectivity index (χ4v) is 3.43. The maximum atomic E-state index is 10.2. The zero-order valence-electron chi connectivity index (χ0n) is 18.8. The zero-order valence-corrected chi connectivity index (χ0v) is 19.5. The number of rotatable bonds is 12. The topological polar surface area (TPSA) is 110 Å². The highest BCUT2D eigenvalue weighted by molar-refractivity contribution is 6.18. The van der Waals surface area contributed by atoms with Crippen LogP contribution in [0.4, 0.5) is 0 Å². The summed E-state index contributed by atoms with van der Waals surface area (Å²) in [6.45, 7) is 4.51. The van der Waals surface area contributed by atoms with Gasteiger partial charge < -0.3 is 24.8 Å². The van der Waals surface area contributed by atoms with Gasteiger partial charge in [0.25, 0.3) is 0 Å². The quantitative estimate of drug-likeness (QED) is 0.345. The number of aromatic nitrogens is 3. The van der Waals surface area contributed by atoms with E-state index in [9.17, 15) is 15.3 Å². The first kappa shape index (κ1) is 25.0. The number of aliphatic hydroxyl groups is 3. The van der Waals surface area contributed by atoms with Gasteiger partial charge in [-0.05, 0) is 35.4 Å². The van der Waals surface area contributed by atoms with E-state index in [1.165, 1.54) is 10.9 Å².